The lowest BCUT2D eigenvalue weighted by Crippen LogP contribution is -2.25. The van der Waals surface area contributed by atoms with Crippen molar-refractivity contribution in [3.8, 4) is 11.3 Å². The summed E-state index contributed by atoms with van der Waals surface area (Å²) in [6.45, 7) is 9.21. The molecule has 0 aliphatic heterocycles. The van der Waals surface area contributed by atoms with E-state index in [1.807, 2.05) is 12.4 Å². The van der Waals surface area contributed by atoms with Crippen LogP contribution in [0, 0.1) is 0 Å². The third-order valence-electron chi connectivity index (χ3n) is 5.88. The van der Waals surface area contributed by atoms with E-state index in [2.05, 4.69) is 70.2 Å². The average molecular weight is 338 g/mol. The Morgan fingerprint density at radius 1 is 0.962 bits per heavy atom. The number of pyridine rings is 2. The van der Waals surface area contributed by atoms with Gasteiger partial charge in [-0.25, -0.2) is 0 Å². The van der Waals surface area contributed by atoms with Crippen LogP contribution in [-0.2, 0) is 5.41 Å². The molecule has 0 spiro atoms. The van der Waals surface area contributed by atoms with E-state index in [0.717, 1.165) is 11.2 Å². The van der Waals surface area contributed by atoms with Crippen LogP contribution in [0.5, 0.6) is 0 Å². The van der Waals surface area contributed by atoms with Gasteiger partial charge in [0.1, 0.15) is 0 Å². The van der Waals surface area contributed by atoms with Crippen molar-refractivity contribution in [2.75, 3.05) is 0 Å². The largest absolute Gasteiger partial charge is 0.256 e. The van der Waals surface area contributed by atoms with Gasteiger partial charge in [0.25, 0.3) is 0 Å². The van der Waals surface area contributed by atoms with E-state index in [4.69, 9.17) is 9.97 Å². The highest BCUT2D eigenvalue weighted by Gasteiger charge is 2.36. The Morgan fingerprint density at radius 3 is 2.58 bits per heavy atom. The Balaban J connectivity index is 2.00. The number of rotatable bonds is 1. The fourth-order valence-electron chi connectivity index (χ4n) is 4.50. The van der Waals surface area contributed by atoms with Crippen LogP contribution >= 0.6 is 0 Å². The van der Waals surface area contributed by atoms with Crippen molar-refractivity contribution in [2.24, 2.45) is 0 Å². The molecule has 26 heavy (non-hydrogen) atoms. The van der Waals surface area contributed by atoms with Gasteiger partial charge < -0.3 is 0 Å². The first kappa shape index (κ1) is 15.5. The van der Waals surface area contributed by atoms with E-state index in [-0.39, 0.29) is 5.41 Å². The molecule has 0 amide bonds. The van der Waals surface area contributed by atoms with Crippen molar-refractivity contribution < 1.29 is 0 Å². The van der Waals surface area contributed by atoms with E-state index < -0.39 is 0 Å². The molecule has 0 bridgehead atoms. The predicted octanol–water partition coefficient (Wildman–Crippen LogP) is 6.21. The lowest BCUT2D eigenvalue weighted by Gasteiger charge is -2.36. The molecule has 2 aromatic heterocycles. The van der Waals surface area contributed by atoms with Gasteiger partial charge in [0.2, 0.25) is 0 Å². The minimum absolute atomic E-state index is 0.100. The Hall–Kier alpha value is -2.74. The molecule has 0 fully saturated rings. The van der Waals surface area contributed by atoms with E-state index in [1.165, 1.54) is 38.4 Å². The molecule has 1 aliphatic rings. The smallest absolute Gasteiger partial charge is 0.0802 e. The maximum Gasteiger partial charge on any atom is 0.0802 e. The summed E-state index contributed by atoms with van der Waals surface area (Å²) in [7, 11) is 0. The SMILES string of the molecule is CC(C)c1cc2c3c(nccc3c1)-c1cnc3ccccc3c1C2(C)C. The van der Waals surface area contributed by atoms with Crippen LogP contribution in [0.3, 0.4) is 0 Å². The minimum atomic E-state index is -0.100. The highest BCUT2D eigenvalue weighted by atomic mass is 14.7. The Kier molecular flexibility index (Phi) is 3.06. The second-order valence-electron chi connectivity index (χ2n) is 8.17. The molecule has 0 saturated carbocycles. The first-order chi connectivity index (χ1) is 12.5. The summed E-state index contributed by atoms with van der Waals surface area (Å²) >= 11 is 0. The van der Waals surface area contributed by atoms with Crippen LogP contribution < -0.4 is 0 Å². The van der Waals surface area contributed by atoms with Gasteiger partial charge in [0.05, 0.1) is 11.2 Å². The maximum absolute atomic E-state index is 4.79. The molecular formula is C24H22N2. The van der Waals surface area contributed by atoms with Gasteiger partial charge in [-0.05, 0) is 40.1 Å². The van der Waals surface area contributed by atoms with Crippen LogP contribution in [0.1, 0.15) is 50.3 Å². The number of fused-ring (bicyclic) bond motifs is 4. The first-order valence-corrected chi connectivity index (χ1v) is 9.30. The molecule has 2 aromatic carbocycles. The number of hydrogen-bond acceptors (Lipinski definition) is 2. The second kappa shape index (κ2) is 5.14. The van der Waals surface area contributed by atoms with Crippen LogP contribution in [0.15, 0.2) is 54.9 Å². The van der Waals surface area contributed by atoms with Gasteiger partial charge in [0, 0.05) is 34.1 Å². The molecule has 1 aliphatic carbocycles. The number of para-hydroxylation sites is 1. The molecule has 0 unspecified atom stereocenters. The number of hydrogen-bond donors (Lipinski definition) is 0. The molecule has 0 radical (unpaired) electrons. The molecule has 128 valence electrons. The monoisotopic (exact) mass is 338 g/mol. The van der Waals surface area contributed by atoms with E-state index in [1.54, 1.807) is 0 Å². The van der Waals surface area contributed by atoms with Gasteiger partial charge in [-0.3, -0.25) is 9.97 Å². The highest BCUT2D eigenvalue weighted by molar-refractivity contribution is 6.05. The summed E-state index contributed by atoms with van der Waals surface area (Å²) in [6, 6.07) is 15.3. The molecule has 4 aromatic rings. The lowest BCUT2D eigenvalue weighted by atomic mass is 9.68. The van der Waals surface area contributed by atoms with Gasteiger partial charge >= 0.3 is 0 Å². The molecule has 2 nitrogen and oxygen atoms in total. The van der Waals surface area contributed by atoms with Crippen molar-refractivity contribution >= 4 is 21.7 Å². The quantitative estimate of drug-likeness (QED) is 0.412. The second-order valence-corrected chi connectivity index (χ2v) is 8.17. The van der Waals surface area contributed by atoms with Gasteiger partial charge in [-0.15, -0.1) is 0 Å². The zero-order valence-electron chi connectivity index (χ0n) is 15.7. The van der Waals surface area contributed by atoms with Gasteiger partial charge in [-0.2, -0.15) is 0 Å². The number of aromatic nitrogens is 2. The summed E-state index contributed by atoms with van der Waals surface area (Å²) in [5.41, 5.74) is 7.30. The highest BCUT2D eigenvalue weighted by Crippen LogP contribution is 2.50. The number of benzene rings is 2. The normalized spacial score (nSPS) is 14.8. The van der Waals surface area contributed by atoms with Crippen molar-refractivity contribution in [1.82, 2.24) is 9.97 Å². The molecule has 2 heterocycles. The molecule has 0 N–H and O–H groups in total. The summed E-state index contributed by atoms with van der Waals surface area (Å²) in [6.07, 6.45) is 3.95. The molecule has 0 atom stereocenters. The third-order valence-corrected chi connectivity index (χ3v) is 5.88. The fourth-order valence-corrected chi connectivity index (χ4v) is 4.50. The van der Waals surface area contributed by atoms with Crippen LogP contribution in [0.4, 0.5) is 0 Å². The lowest BCUT2D eigenvalue weighted by molar-refractivity contribution is 0.647. The number of nitrogens with zero attached hydrogens (tertiary/aromatic N) is 2. The van der Waals surface area contributed by atoms with Crippen LogP contribution in [0.25, 0.3) is 32.9 Å². The first-order valence-electron chi connectivity index (χ1n) is 9.30. The van der Waals surface area contributed by atoms with Crippen molar-refractivity contribution in [2.45, 2.75) is 39.0 Å². The maximum atomic E-state index is 4.79. The van der Waals surface area contributed by atoms with Crippen molar-refractivity contribution in [3.63, 3.8) is 0 Å². The van der Waals surface area contributed by atoms with Gasteiger partial charge in [0.15, 0.2) is 0 Å². The average Bonchev–Trinajstić information content (AvgIpc) is 2.64. The molecule has 0 saturated heterocycles. The molecule has 5 rings (SSSR count). The van der Waals surface area contributed by atoms with Crippen LogP contribution in [-0.4, -0.2) is 9.97 Å². The predicted molar refractivity (Wildman–Crippen MR) is 109 cm³/mol. The summed E-state index contributed by atoms with van der Waals surface area (Å²) < 4.78 is 0. The molecular weight excluding hydrogens is 316 g/mol. The minimum Gasteiger partial charge on any atom is -0.256 e. The van der Waals surface area contributed by atoms with E-state index >= 15 is 0 Å². The summed E-state index contributed by atoms with van der Waals surface area (Å²) in [5.74, 6) is 0.499. The van der Waals surface area contributed by atoms with Crippen LogP contribution in [0.2, 0.25) is 0 Å². The zero-order chi connectivity index (χ0) is 18.1. The third kappa shape index (κ3) is 1.93. The Bertz CT molecular complexity index is 1190. The standard InChI is InChI=1S/C24H22N2/c1-14(2)16-11-15-9-10-25-23-18-13-26-20-8-6-5-7-17(20)22(18)24(3,4)19(12-16)21(15)23/h5-14H,1-4H3. The Labute approximate surface area is 153 Å². The summed E-state index contributed by atoms with van der Waals surface area (Å²) in [5, 5.41) is 3.80. The molecule has 2 heteroatoms. The topological polar surface area (TPSA) is 25.8 Å². The van der Waals surface area contributed by atoms with Crippen molar-refractivity contribution in [1.29, 1.82) is 0 Å². The zero-order valence-corrected chi connectivity index (χ0v) is 15.7. The Morgan fingerprint density at radius 2 is 1.77 bits per heavy atom. The van der Waals surface area contributed by atoms with Crippen molar-refractivity contribution in [3.05, 3.63) is 71.5 Å². The summed E-state index contributed by atoms with van der Waals surface area (Å²) in [4.78, 5) is 9.51. The van der Waals surface area contributed by atoms with Gasteiger partial charge in [-0.1, -0.05) is 58.0 Å². The fraction of sp³-hybridized carbons (Fsp3) is 0.250. The van der Waals surface area contributed by atoms with E-state index in [0.29, 0.717) is 5.92 Å². The van der Waals surface area contributed by atoms with E-state index in [9.17, 15) is 0 Å².